The number of carbonyl (C=O) groups excluding carboxylic acids is 2. The molecule has 2 N–H and O–H groups in total. The lowest BCUT2D eigenvalue weighted by Gasteiger charge is -2.11. The van der Waals surface area contributed by atoms with E-state index in [4.69, 9.17) is 5.26 Å². The Labute approximate surface area is 266 Å². The van der Waals surface area contributed by atoms with E-state index in [1.807, 2.05) is 18.6 Å². The van der Waals surface area contributed by atoms with Crippen LogP contribution in [0.5, 0.6) is 0 Å². The highest BCUT2D eigenvalue weighted by molar-refractivity contribution is 7.98. The van der Waals surface area contributed by atoms with Crippen molar-refractivity contribution in [2.75, 3.05) is 26.1 Å². The number of aldehydes is 1. The molecule has 0 saturated heterocycles. The molecule has 1 aromatic carbocycles. The first-order chi connectivity index (χ1) is 21.2. The van der Waals surface area contributed by atoms with Gasteiger partial charge in [0.05, 0.1) is 21.6 Å². The molecule has 2 fully saturated rings. The van der Waals surface area contributed by atoms with Crippen LogP contribution in [-0.4, -0.2) is 56.7 Å². The average Bonchev–Trinajstić information content (AvgIpc) is 3.97. The summed E-state index contributed by atoms with van der Waals surface area (Å²) in [6.07, 6.45) is 9.42. The Bertz CT molecular complexity index is 1740. The molecule has 0 spiro atoms. The number of hydrogen-bond acceptors (Lipinski definition) is 10. The number of amides is 1. The third-order valence-corrected chi connectivity index (χ3v) is 10.0. The van der Waals surface area contributed by atoms with Gasteiger partial charge in [-0.2, -0.15) is 10.5 Å². The normalized spacial score (nSPS) is 14.0. The molecular weight excluding hydrogens is 617 g/mol. The molecule has 2 aromatic heterocycles. The largest absolute Gasteiger partial charge is 0.352 e. The fourth-order valence-electron chi connectivity index (χ4n) is 4.43. The first-order valence-corrected chi connectivity index (χ1v) is 17.9. The van der Waals surface area contributed by atoms with E-state index in [0.29, 0.717) is 57.1 Å². The molecule has 0 unspecified atom stereocenters. The Morgan fingerprint density at radius 2 is 1.50 bits per heavy atom. The third-order valence-electron chi connectivity index (χ3n) is 7.22. The van der Waals surface area contributed by atoms with Crippen LogP contribution in [-0.2, 0) is 16.4 Å². The van der Waals surface area contributed by atoms with Gasteiger partial charge < -0.3 is 5.32 Å². The van der Waals surface area contributed by atoms with Crippen LogP contribution in [0.4, 0.5) is 0 Å². The number of thioether (sulfide) groups is 2. The quantitative estimate of drug-likeness (QED) is 0.218. The molecule has 0 aliphatic heterocycles. The Balaban J connectivity index is 0.000000246. The molecule has 3 aromatic rings. The molecule has 2 saturated carbocycles. The molecule has 0 radical (unpaired) electrons. The van der Waals surface area contributed by atoms with Crippen molar-refractivity contribution in [2.24, 2.45) is 0 Å². The number of hydrogen-bond donors (Lipinski definition) is 2. The first kappa shape index (κ1) is 33.1. The van der Waals surface area contributed by atoms with Gasteiger partial charge in [0, 0.05) is 35.3 Å². The SMILES string of the molecule is CNS(=O)(=O)c1ccc(CCNC(=O)c2cc(C3CC3)nc(SC)c2C#N)cc1.CSc1nc(C2CC2)cc(C=O)c1C#N. The van der Waals surface area contributed by atoms with Crippen LogP contribution >= 0.6 is 23.5 Å². The molecule has 0 bridgehead atoms. The fraction of sp³-hybridized carbons (Fsp3) is 0.355. The van der Waals surface area contributed by atoms with Gasteiger partial charge in [-0.05, 0) is 81.5 Å². The van der Waals surface area contributed by atoms with Crippen LogP contribution in [0.2, 0.25) is 0 Å². The summed E-state index contributed by atoms with van der Waals surface area (Å²) in [6, 6.07) is 14.2. The Morgan fingerprint density at radius 3 is 1.98 bits per heavy atom. The van der Waals surface area contributed by atoms with E-state index < -0.39 is 10.0 Å². The highest BCUT2D eigenvalue weighted by atomic mass is 32.2. The third kappa shape index (κ3) is 8.04. The second-order valence-electron chi connectivity index (χ2n) is 10.2. The summed E-state index contributed by atoms with van der Waals surface area (Å²) >= 11 is 2.79. The maximum absolute atomic E-state index is 12.7. The van der Waals surface area contributed by atoms with Crippen LogP contribution in [0.3, 0.4) is 0 Å². The van der Waals surface area contributed by atoms with Gasteiger partial charge in [-0.25, -0.2) is 23.1 Å². The first-order valence-electron chi connectivity index (χ1n) is 13.9. The highest BCUT2D eigenvalue weighted by Crippen LogP contribution is 2.41. The molecule has 2 aliphatic rings. The molecule has 2 aliphatic carbocycles. The van der Waals surface area contributed by atoms with E-state index in [1.54, 1.807) is 24.3 Å². The number of nitrogens with zero attached hydrogens (tertiary/aromatic N) is 4. The smallest absolute Gasteiger partial charge is 0.252 e. The molecule has 5 rings (SSSR count). The van der Waals surface area contributed by atoms with Crippen LogP contribution in [0.25, 0.3) is 0 Å². The minimum atomic E-state index is -3.46. The van der Waals surface area contributed by atoms with Crippen molar-refractivity contribution in [1.29, 1.82) is 10.5 Å². The number of sulfonamides is 1. The summed E-state index contributed by atoms with van der Waals surface area (Å²) < 4.78 is 25.8. The molecular formula is C31H32N6O4S3. The zero-order chi connectivity index (χ0) is 31.9. The van der Waals surface area contributed by atoms with E-state index in [1.165, 1.54) is 42.7 Å². The second kappa shape index (κ2) is 14.8. The Hall–Kier alpha value is -3.75. The van der Waals surface area contributed by atoms with Gasteiger partial charge in [0.25, 0.3) is 5.91 Å². The monoisotopic (exact) mass is 648 g/mol. The van der Waals surface area contributed by atoms with Crippen LogP contribution in [0.15, 0.2) is 51.3 Å². The summed E-state index contributed by atoms with van der Waals surface area (Å²) in [6.45, 7) is 0.373. The zero-order valence-electron chi connectivity index (χ0n) is 24.6. The van der Waals surface area contributed by atoms with Gasteiger partial charge in [-0.3, -0.25) is 9.59 Å². The average molecular weight is 649 g/mol. The van der Waals surface area contributed by atoms with Crippen molar-refractivity contribution >= 4 is 45.7 Å². The molecule has 13 heteroatoms. The van der Waals surface area contributed by atoms with E-state index in [-0.39, 0.29) is 10.8 Å². The highest BCUT2D eigenvalue weighted by Gasteiger charge is 2.29. The lowest BCUT2D eigenvalue weighted by Crippen LogP contribution is -2.27. The van der Waals surface area contributed by atoms with E-state index in [0.717, 1.165) is 48.9 Å². The van der Waals surface area contributed by atoms with E-state index in [2.05, 4.69) is 26.1 Å². The predicted octanol–water partition coefficient (Wildman–Crippen LogP) is 4.80. The minimum Gasteiger partial charge on any atom is -0.352 e. The van der Waals surface area contributed by atoms with Crippen molar-refractivity contribution in [3.63, 3.8) is 0 Å². The van der Waals surface area contributed by atoms with E-state index >= 15 is 0 Å². The number of nitriles is 2. The number of rotatable bonds is 11. The van der Waals surface area contributed by atoms with Crippen molar-refractivity contribution in [3.8, 4) is 12.1 Å². The van der Waals surface area contributed by atoms with E-state index in [9.17, 15) is 23.3 Å². The molecule has 2 heterocycles. The number of benzene rings is 1. The van der Waals surface area contributed by atoms with Gasteiger partial charge in [0.15, 0.2) is 6.29 Å². The summed E-state index contributed by atoms with van der Waals surface area (Å²) in [4.78, 5) is 32.7. The van der Waals surface area contributed by atoms with Gasteiger partial charge in [0.2, 0.25) is 10.0 Å². The molecule has 1 amide bonds. The van der Waals surface area contributed by atoms with Crippen molar-refractivity contribution in [3.05, 3.63) is 75.6 Å². The number of pyridine rings is 2. The molecule has 10 nitrogen and oxygen atoms in total. The van der Waals surface area contributed by atoms with Gasteiger partial charge in [0.1, 0.15) is 22.2 Å². The minimum absolute atomic E-state index is 0.195. The molecule has 0 atom stereocenters. The van der Waals surface area contributed by atoms with Gasteiger partial charge in [-0.15, -0.1) is 23.5 Å². The fourth-order valence-corrected chi connectivity index (χ4v) is 6.28. The summed E-state index contributed by atoms with van der Waals surface area (Å²) in [5, 5.41) is 22.6. The van der Waals surface area contributed by atoms with Crippen LogP contribution < -0.4 is 10.0 Å². The van der Waals surface area contributed by atoms with Crippen molar-refractivity contribution < 1.29 is 18.0 Å². The Kier molecular flexibility index (Phi) is 11.2. The maximum atomic E-state index is 12.7. The lowest BCUT2D eigenvalue weighted by atomic mass is 10.1. The zero-order valence-corrected chi connectivity index (χ0v) is 27.0. The standard InChI is InChI=1S/C20H22N4O3S2.C11H10N2OS/c1-22-29(26,27)15-7-3-13(4-8-15)9-10-23-19(25)16-11-18(14-5-6-14)24-20(28-2)17(16)12-21;1-15-11-9(5-12)8(6-14)4-10(13-11)7-2-3-7/h3-4,7-8,11,14,22H,5-6,9-10H2,1-2H3,(H,23,25);4,6-7H,2-3H2,1H3. The van der Waals surface area contributed by atoms with Gasteiger partial charge >= 0.3 is 0 Å². The second-order valence-corrected chi connectivity index (χ2v) is 13.7. The molecule has 44 heavy (non-hydrogen) atoms. The number of nitrogens with one attached hydrogen (secondary N) is 2. The Morgan fingerprint density at radius 1 is 0.955 bits per heavy atom. The molecule has 228 valence electrons. The topological polar surface area (TPSA) is 166 Å². The number of carbonyl (C=O) groups is 2. The summed E-state index contributed by atoms with van der Waals surface area (Å²) in [7, 11) is -2.10. The predicted molar refractivity (Wildman–Crippen MR) is 170 cm³/mol. The van der Waals surface area contributed by atoms with Gasteiger partial charge in [-0.1, -0.05) is 12.1 Å². The lowest BCUT2D eigenvalue weighted by molar-refractivity contribution is 0.0953. The van der Waals surface area contributed by atoms with Crippen molar-refractivity contribution in [1.82, 2.24) is 20.0 Å². The van der Waals surface area contributed by atoms with Crippen molar-refractivity contribution in [2.45, 2.75) is 58.9 Å². The summed E-state index contributed by atoms with van der Waals surface area (Å²) in [5.41, 5.74) is 4.28. The summed E-state index contributed by atoms with van der Waals surface area (Å²) in [5.74, 6) is 0.588. The maximum Gasteiger partial charge on any atom is 0.252 e. The van der Waals surface area contributed by atoms with Crippen LogP contribution in [0, 0.1) is 22.7 Å². The number of aromatic nitrogens is 2. The van der Waals surface area contributed by atoms with Crippen LogP contribution in [0.1, 0.15) is 86.3 Å².